The van der Waals surface area contributed by atoms with Crippen molar-refractivity contribution in [2.45, 2.75) is 18.2 Å². The molecule has 1 heterocycles. The van der Waals surface area contributed by atoms with Gasteiger partial charge >= 0.3 is 0 Å². The molecular weight excluding hydrogens is 418 g/mol. The number of hydrogen-bond acceptors (Lipinski definition) is 6. The monoisotopic (exact) mass is 443 g/mol. The van der Waals surface area contributed by atoms with E-state index < -0.39 is 27.6 Å². The zero-order chi connectivity index (χ0) is 22.6. The zero-order valence-electron chi connectivity index (χ0n) is 17.7. The van der Waals surface area contributed by atoms with Crippen molar-refractivity contribution in [1.82, 2.24) is 5.32 Å². The molecule has 0 radical (unpaired) electrons. The lowest BCUT2D eigenvalue weighted by atomic mass is 9.94. The Morgan fingerprint density at radius 3 is 2.68 bits per heavy atom. The number of anilines is 1. The van der Waals surface area contributed by atoms with Crippen molar-refractivity contribution in [2.24, 2.45) is 10.9 Å². The Bertz CT molecular complexity index is 1130. The molecule has 9 heteroatoms. The summed E-state index contributed by atoms with van der Waals surface area (Å²) in [6, 6.07) is 11.4. The van der Waals surface area contributed by atoms with Crippen LogP contribution in [-0.4, -0.2) is 53.6 Å². The summed E-state index contributed by atoms with van der Waals surface area (Å²) in [7, 11) is -0.936. The summed E-state index contributed by atoms with van der Waals surface area (Å²) in [6.45, 7) is 2.52. The van der Waals surface area contributed by atoms with Crippen molar-refractivity contribution >= 4 is 39.3 Å². The largest absolute Gasteiger partial charge is 0.383 e. The van der Waals surface area contributed by atoms with E-state index in [1.807, 2.05) is 19.1 Å². The molecule has 0 aromatic heterocycles. The highest BCUT2D eigenvalue weighted by molar-refractivity contribution is 7.92. The van der Waals surface area contributed by atoms with E-state index in [0.717, 1.165) is 5.56 Å². The molecule has 0 saturated carbocycles. The Hall–Kier alpha value is -3.04. The van der Waals surface area contributed by atoms with E-state index >= 15 is 0 Å². The van der Waals surface area contributed by atoms with Gasteiger partial charge in [-0.15, -0.1) is 0 Å². The van der Waals surface area contributed by atoms with E-state index in [-0.39, 0.29) is 17.0 Å². The molecule has 2 aromatic rings. The molecule has 0 saturated heterocycles. The lowest BCUT2D eigenvalue weighted by Crippen LogP contribution is -2.39. The van der Waals surface area contributed by atoms with E-state index in [0.29, 0.717) is 24.4 Å². The molecule has 3 rings (SSSR count). The number of nitrogens with one attached hydrogen (secondary N) is 1. The number of aryl methyl sites for hydroxylation is 1. The molecule has 0 spiro atoms. The zero-order valence-corrected chi connectivity index (χ0v) is 18.5. The summed E-state index contributed by atoms with van der Waals surface area (Å²) in [4.78, 5) is 29.4. The minimum atomic E-state index is -3.92. The van der Waals surface area contributed by atoms with E-state index in [9.17, 15) is 18.0 Å². The van der Waals surface area contributed by atoms with Crippen LogP contribution in [-0.2, 0) is 26.0 Å². The highest BCUT2D eigenvalue weighted by Crippen LogP contribution is 2.31. The molecule has 1 aliphatic heterocycles. The quantitative estimate of drug-likeness (QED) is 0.498. The van der Waals surface area contributed by atoms with Gasteiger partial charge in [0.25, 0.3) is 10.0 Å². The maximum absolute atomic E-state index is 13.3. The topological polar surface area (TPSA) is 105 Å². The van der Waals surface area contributed by atoms with Crippen LogP contribution in [0.15, 0.2) is 52.4 Å². The summed E-state index contributed by atoms with van der Waals surface area (Å²) in [5, 5.41) is 2.61. The van der Waals surface area contributed by atoms with Gasteiger partial charge in [0.15, 0.2) is 5.78 Å². The molecule has 164 valence electrons. The van der Waals surface area contributed by atoms with E-state index in [1.54, 1.807) is 12.1 Å². The molecule has 1 unspecified atom stereocenters. The number of carbonyl (C=O) groups is 2. The van der Waals surface area contributed by atoms with Gasteiger partial charge < -0.3 is 10.1 Å². The number of benzene rings is 2. The van der Waals surface area contributed by atoms with Crippen molar-refractivity contribution in [3.63, 3.8) is 0 Å². The van der Waals surface area contributed by atoms with Crippen LogP contribution in [0, 0.1) is 5.92 Å². The Balaban J connectivity index is 1.92. The number of sulfonamides is 1. The van der Waals surface area contributed by atoms with Crippen LogP contribution in [0.4, 0.5) is 11.4 Å². The maximum Gasteiger partial charge on any atom is 0.264 e. The number of fused-ring (bicyclic) bond motifs is 1. The number of carbonyl (C=O) groups excluding carboxylic acids is 2. The number of ether oxygens (including phenoxy) is 1. The first kappa shape index (κ1) is 22.6. The Morgan fingerprint density at radius 2 is 1.97 bits per heavy atom. The summed E-state index contributed by atoms with van der Waals surface area (Å²) >= 11 is 0. The standard InChI is InChI=1S/C22H25N3O5S/c1-4-15-7-5-6-8-20(15)25(2)31(28,29)16-9-10-19-17(13-16)21(26)18(14-24-19)22(27)23-11-12-30-3/h5-10,13-14,18H,4,11-12H2,1-3H3,(H,23,27). The predicted octanol–water partition coefficient (Wildman–Crippen LogP) is 2.35. The van der Waals surface area contributed by atoms with Crippen LogP contribution >= 0.6 is 0 Å². The van der Waals surface area contributed by atoms with Gasteiger partial charge in [-0.05, 0) is 36.2 Å². The summed E-state index contributed by atoms with van der Waals surface area (Å²) in [5.74, 6) is -2.10. The Labute approximate surface area is 182 Å². The van der Waals surface area contributed by atoms with Gasteiger partial charge in [0.2, 0.25) is 5.91 Å². The van der Waals surface area contributed by atoms with Gasteiger partial charge in [0, 0.05) is 32.5 Å². The smallest absolute Gasteiger partial charge is 0.264 e. The van der Waals surface area contributed by atoms with Crippen LogP contribution in [0.2, 0.25) is 0 Å². The first-order chi connectivity index (χ1) is 14.8. The lowest BCUT2D eigenvalue weighted by Gasteiger charge is -2.23. The second-order valence-electron chi connectivity index (χ2n) is 7.04. The maximum atomic E-state index is 13.3. The normalized spacial score (nSPS) is 15.5. The van der Waals surface area contributed by atoms with E-state index in [1.165, 1.54) is 42.9 Å². The minimum absolute atomic E-state index is 0.0383. The third-order valence-electron chi connectivity index (χ3n) is 5.14. The molecule has 31 heavy (non-hydrogen) atoms. The van der Waals surface area contributed by atoms with Crippen LogP contribution < -0.4 is 9.62 Å². The fourth-order valence-electron chi connectivity index (χ4n) is 3.35. The molecule has 0 fully saturated rings. The van der Waals surface area contributed by atoms with Gasteiger partial charge in [-0.2, -0.15) is 0 Å². The van der Waals surface area contributed by atoms with Crippen molar-refractivity contribution in [3.05, 3.63) is 53.6 Å². The molecule has 8 nitrogen and oxygen atoms in total. The van der Waals surface area contributed by atoms with Crippen LogP contribution in [0.5, 0.6) is 0 Å². The first-order valence-corrected chi connectivity index (χ1v) is 11.3. The molecule has 1 atom stereocenters. The number of para-hydroxylation sites is 1. The fraction of sp³-hybridized carbons (Fsp3) is 0.318. The van der Waals surface area contributed by atoms with E-state index in [4.69, 9.17) is 4.74 Å². The number of Topliss-reactive ketones (excluding diaryl/α,β-unsaturated/α-hetero) is 1. The highest BCUT2D eigenvalue weighted by atomic mass is 32.2. The average Bonchev–Trinajstić information content (AvgIpc) is 2.78. The molecule has 1 aliphatic rings. The number of amides is 1. The van der Waals surface area contributed by atoms with Crippen molar-refractivity contribution in [1.29, 1.82) is 0 Å². The third kappa shape index (κ3) is 4.52. The van der Waals surface area contributed by atoms with E-state index in [2.05, 4.69) is 10.3 Å². The SMILES string of the molecule is CCc1ccccc1N(C)S(=O)(=O)c1ccc2c(c1)C(=O)C(C(=O)NCCOC)C=N2. The Kier molecular flexibility index (Phi) is 6.87. The lowest BCUT2D eigenvalue weighted by molar-refractivity contribution is -0.122. The van der Waals surface area contributed by atoms with Gasteiger partial charge in [-0.3, -0.25) is 18.9 Å². The summed E-state index contributed by atoms with van der Waals surface area (Å²) < 4.78 is 32.6. The number of hydrogen-bond donors (Lipinski definition) is 1. The Morgan fingerprint density at radius 1 is 1.23 bits per heavy atom. The molecular formula is C22H25N3O5S. The fourth-order valence-corrected chi connectivity index (χ4v) is 4.61. The number of ketones is 1. The van der Waals surface area contributed by atoms with Crippen molar-refractivity contribution in [3.8, 4) is 0 Å². The highest BCUT2D eigenvalue weighted by Gasteiger charge is 2.32. The van der Waals surface area contributed by atoms with Crippen LogP contribution in [0.3, 0.4) is 0 Å². The van der Waals surface area contributed by atoms with Crippen molar-refractivity contribution < 1.29 is 22.7 Å². The van der Waals surface area contributed by atoms with Gasteiger partial charge in [0.1, 0.15) is 5.92 Å². The van der Waals surface area contributed by atoms with Gasteiger partial charge in [-0.25, -0.2) is 8.42 Å². The predicted molar refractivity (Wildman–Crippen MR) is 119 cm³/mol. The van der Waals surface area contributed by atoms with Crippen molar-refractivity contribution in [2.75, 3.05) is 31.6 Å². The van der Waals surface area contributed by atoms with Crippen LogP contribution in [0.1, 0.15) is 22.8 Å². The summed E-state index contributed by atoms with van der Waals surface area (Å²) in [5.41, 5.74) is 1.90. The minimum Gasteiger partial charge on any atom is -0.383 e. The second kappa shape index (κ2) is 9.40. The van der Waals surface area contributed by atoms with Gasteiger partial charge in [0.05, 0.1) is 22.9 Å². The molecule has 0 aliphatic carbocycles. The van der Waals surface area contributed by atoms with Crippen LogP contribution in [0.25, 0.3) is 0 Å². The van der Waals surface area contributed by atoms with Gasteiger partial charge in [-0.1, -0.05) is 25.1 Å². The first-order valence-electron chi connectivity index (χ1n) is 9.87. The average molecular weight is 444 g/mol. The second-order valence-corrected chi connectivity index (χ2v) is 9.01. The number of nitrogens with zero attached hydrogens (tertiary/aromatic N) is 2. The molecule has 1 N–H and O–H groups in total. The third-order valence-corrected chi connectivity index (χ3v) is 6.90. The molecule has 1 amide bonds. The molecule has 2 aromatic carbocycles. The number of rotatable bonds is 8. The molecule has 0 bridgehead atoms. The summed E-state index contributed by atoms with van der Waals surface area (Å²) in [6.07, 6.45) is 1.96. The number of aliphatic imine (C=N–C) groups is 1. The number of methoxy groups -OCH3 is 1.